The van der Waals surface area contributed by atoms with E-state index < -0.39 is 132 Å². The number of alkyl carbamates (subject to hydrolysis) is 1. The largest absolute Gasteiger partial charge is 0.507 e. The number of hydrogen-bond acceptors (Lipinski definition) is 24. The van der Waals surface area contributed by atoms with Gasteiger partial charge in [-0.25, -0.2) is 9.48 Å². The van der Waals surface area contributed by atoms with Crippen molar-refractivity contribution in [3.8, 4) is 17.2 Å². The molecule has 3 aliphatic rings. The Bertz CT molecular complexity index is 3540. The second-order valence-electron chi connectivity index (χ2n) is 23.5. The number of ether oxygens (including phenoxy) is 8. The first-order valence-corrected chi connectivity index (χ1v) is 32.1. The molecule has 5 aromatic rings. The van der Waals surface area contributed by atoms with Gasteiger partial charge in [-0.2, -0.15) is 0 Å². The number of Topliss-reactive ketones (excluding diaryl/α,β-unsaturated/α-hetero) is 1. The van der Waals surface area contributed by atoms with Gasteiger partial charge in [-0.1, -0.05) is 59.8 Å². The standard InChI is InChI=1S/C67H85N9O21/c1-39-59(81)47(33-54(96-39)97-50-35-67(89,51(78)37-77)34-45-56(50)63(85)58-57(61(45)83)60(82)44-12-9-14-49(90-3)55(44)62(58)84)73-66(88)95-38-41-15-17-42(18-16-41)70-64(86)46(13-7-8-22-68)72-65(87)48(32-40-10-5-4-6-11-40)71-53(80)20-19-43-36-76(75-74-43)23-25-92-27-29-94-31-30-93-28-26-91-24-21-52(79)69-2/h4-6,9-12,14-18,36,39,46-48,50,54,59,77,81,83,85,89H,7-8,13,19-35,37-38,68H2,1-3H3,(H,69,79)(H,70,86)(H,71,80)(H,72,87)(H,73,88). The van der Waals surface area contributed by atoms with Gasteiger partial charge in [-0.05, 0) is 62.1 Å². The number of hydrogen-bond donors (Lipinski definition) is 11. The van der Waals surface area contributed by atoms with E-state index in [9.17, 15) is 63.9 Å². The van der Waals surface area contributed by atoms with Crippen LogP contribution >= 0.6 is 0 Å². The molecule has 0 saturated carbocycles. The molecule has 30 nitrogen and oxygen atoms in total. The number of amides is 5. The van der Waals surface area contributed by atoms with Crippen LogP contribution in [0.5, 0.6) is 17.2 Å². The molecule has 12 N–H and O–H groups in total. The number of phenolic OH excluding ortho intramolecular Hbond substituents is 2. The number of nitrogens with zero attached hydrogens (tertiary/aromatic N) is 3. The molecule has 1 aliphatic heterocycles. The first-order valence-electron chi connectivity index (χ1n) is 32.1. The number of aromatic hydroxyl groups is 2. The number of rotatable bonds is 37. The number of anilines is 1. The summed E-state index contributed by atoms with van der Waals surface area (Å²) >= 11 is 0. The molecule has 1 aromatic heterocycles. The number of aliphatic hydroxyl groups excluding tert-OH is 2. The number of carbonyl (C=O) groups excluding carboxylic acids is 8. The van der Waals surface area contributed by atoms with E-state index in [0.717, 1.165) is 5.56 Å². The highest BCUT2D eigenvalue weighted by atomic mass is 16.7. The van der Waals surface area contributed by atoms with Crippen LogP contribution in [0.4, 0.5) is 10.5 Å². The zero-order valence-corrected chi connectivity index (χ0v) is 54.3. The average Bonchev–Trinajstić information content (AvgIpc) is 1.24. The van der Waals surface area contributed by atoms with Gasteiger partial charge in [0.15, 0.2) is 17.9 Å². The SMILES string of the molecule is CNC(=O)CCOCCOCCOCCOCCn1cc(CCC(=O)NC(Cc2ccccc2)C(=O)NC(CCCCN)C(=O)Nc2ccc(COC(=O)NC3CC(OC4CC(O)(C(=O)CO)Cc5c(O)c6c(c(O)c54)C(=O)c4c(OC)cccc4C6=O)OC(C)C3O)cc2)nn1. The number of aryl methyl sites for hydroxylation is 1. The van der Waals surface area contributed by atoms with Gasteiger partial charge < -0.3 is 95.7 Å². The van der Waals surface area contributed by atoms with Gasteiger partial charge in [0.05, 0.1) is 107 Å². The third kappa shape index (κ3) is 19.9. The lowest BCUT2D eigenvalue weighted by molar-refractivity contribution is -0.249. The fourth-order valence-electron chi connectivity index (χ4n) is 11.5. The molecular weight excluding hydrogens is 1270 g/mol. The summed E-state index contributed by atoms with van der Waals surface area (Å²) in [5, 5.41) is 78.5. The first kappa shape index (κ1) is 74.0. The normalized spacial score (nSPS) is 19.3. The van der Waals surface area contributed by atoms with Crippen molar-refractivity contribution >= 4 is 52.8 Å². The fraction of sp³-hybridized carbons (Fsp3) is 0.493. The zero-order chi connectivity index (χ0) is 69.6. The minimum Gasteiger partial charge on any atom is -0.507 e. The summed E-state index contributed by atoms with van der Waals surface area (Å²) in [6.45, 7) is 3.75. The van der Waals surface area contributed by atoms with Crippen LogP contribution in [0.2, 0.25) is 0 Å². The number of aromatic nitrogens is 3. The van der Waals surface area contributed by atoms with Crippen molar-refractivity contribution in [2.45, 2.75) is 133 Å². The Labute approximate surface area is 559 Å². The lowest BCUT2D eigenvalue weighted by Gasteiger charge is -2.42. The van der Waals surface area contributed by atoms with Crippen LogP contribution in [0.25, 0.3) is 0 Å². The number of benzene rings is 4. The minimum atomic E-state index is -2.42. The van der Waals surface area contributed by atoms with Crippen molar-refractivity contribution in [2.75, 3.05) is 85.5 Å². The third-order valence-electron chi connectivity index (χ3n) is 16.7. The van der Waals surface area contributed by atoms with Crippen LogP contribution < -0.4 is 37.1 Å². The van der Waals surface area contributed by atoms with Crippen LogP contribution in [0, 0.1) is 0 Å². The number of methoxy groups -OCH3 is 1. The van der Waals surface area contributed by atoms with Gasteiger partial charge in [-0.15, -0.1) is 5.10 Å². The summed E-state index contributed by atoms with van der Waals surface area (Å²) in [6, 6.07) is 16.4. The smallest absolute Gasteiger partial charge is 0.407 e. The predicted octanol–water partition coefficient (Wildman–Crippen LogP) is 1.68. The molecule has 30 heteroatoms. The van der Waals surface area contributed by atoms with Crippen LogP contribution in [-0.2, 0) is 89.5 Å². The maximum atomic E-state index is 14.2. The minimum absolute atomic E-state index is 0.0154. The molecule has 2 heterocycles. The second-order valence-corrected chi connectivity index (χ2v) is 23.5. The van der Waals surface area contributed by atoms with E-state index in [1.807, 2.05) is 30.3 Å². The average molecular weight is 1350 g/mol. The van der Waals surface area contributed by atoms with Gasteiger partial charge in [0.1, 0.15) is 54.3 Å². The number of nitrogens with two attached hydrogens (primary N) is 1. The van der Waals surface area contributed by atoms with E-state index >= 15 is 0 Å². The van der Waals surface area contributed by atoms with Crippen molar-refractivity contribution in [2.24, 2.45) is 5.73 Å². The Kier molecular flexibility index (Phi) is 27.4. The van der Waals surface area contributed by atoms with Crippen molar-refractivity contribution in [1.29, 1.82) is 0 Å². The number of phenols is 2. The van der Waals surface area contributed by atoms with Gasteiger partial charge in [-0.3, -0.25) is 33.6 Å². The Morgan fingerprint density at radius 2 is 1.47 bits per heavy atom. The summed E-state index contributed by atoms with van der Waals surface area (Å²) in [6.07, 6.45) is -4.26. The molecule has 0 bridgehead atoms. The van der Waals surface area contributed by atoms with E-state index in [0.29, 0.717) is 102 Å². The van der Waals surface area contributed by atoms with Crippen molar-refractivity contribution in [3.05, 3.63) is 129 Å². The van der Waals surface area contributed by atoms with Crippen LogP contribution in [-0.4, -0.2) is 210 Å². The van der Waals surface area contributed by atoms with Crippen LogP contribution in [0.15, 0.2) is 79.0 Å². The fourth-order valence-corrected chi connectivity index (χ4v) is 11.5. The predicted molar refractivity (Wildman–Crippen MR) is 343 cm³/mol. The summed E-state index contributed by atoms with van der Waals surface area (Å²) in [4.78, 5) is 107. The summed E-state index contributed by atoms with van der Waals surface area (Å²) in [5.74, 6) is -5.98. The van der Waals surface area contributed by atoms with Gasteiger partial charge in [0.2, 0.25) is 29.4 Å². The number of aliphatic hydroxyl groups is 3. The van der Waals surface area contributed by atoms with Crippen LogP contribution in [0.1, 0.15) is 118 Å². The second kappa shape index (κ2) is 36.0. The summed E-state index contributed by atoms with van der Waals surface area (Å²) in [5.41, 5.74) is 3.55. The molecule has 2 aliphatic carbocycles. The quantitative estimate of drug-likeness (QED) is 0.0195. The molecular formula is C67H85N9O21. The molecule has 0 radical (unpaired) electrons. The molecule has 8 atom stereocenters. The number of nitrogens with one attached hydrogen (secondary N) is 5. The highest BCUT2D eigenvalue weighted by Gasteiger charge is 2.50. The number of fused-ring (bicyclic) bond motifs is 3. The monoisotopic (exact) mass is 1350 g/mol. The van der Waals surface area contributed by atoms with E-state index in [-0.39, 0.29) is 72.6 Å². The van der Waals surface area contributed by atoms with Crippen molar-refractivity contribution in [3.63, 3.8) is 0 Å². The third-order valence-corrected chi connectivity index (χ3v) is 16.7. The maximum Gasteiger partial charge on any atom is 0.407 e. The molecule has 524 valence electrons. The van der Waals surface area contributed by atoms with Gasteiger partial charge >= 0.3 is 6.09 Å². The van der Waals surface area contributed by atoms with Gasteiger partial charge in [0, 0.05) is 80.6 Å². The highest BCUT2D eigenvalue weighted by molar-refractivity contribution is 6.31. The Morgan fingerprint density at radius 3 is 2.15 bits per heavy atom. The van der Waals surface area contributed by atoms with E-state index in [2.05, 4.69) is 36.9 Å². The topological polar surface area (TPSA) is 428 Å². The Morgan fingerprint density at radius 1 is 0.784 bits per heavy atom. The maximum absolute atomic E-state index is 14.2. The highest BCUT2D eigenvalue weighted by Crippen LogP contribution is 2.52. The van der Waals surface area contributed by atoms with Crippen LogP contribution in [0.3, 0.4) is 0 Å². The van der Waals surface area contributed by atoms with Crippen molar-refractivity contribution < 1.29 is 102 Å². The summed E-state index contributed by atoms with van der Waals surface area (Å²) < 4.78 is 46.7. The molecule has 1 saturated heterocycles. The van der Waals surface area contributed by atoms with Crippen molar-refractivity contribution in [1.82, 2.24) is 36.3 Å². The van der Waals surface area contributed by atoms with Gasteiger partial charge in [0.25, 0.3) is 0 Å². The zero-order valence-electron chi connectivity index (χ0n) is 54.3. The lowest BCUT2D eigenvalue weighted by atomic mass is 9.72. The lowest BCUT2D eigenvalue weighted by Crippen LogP contribution is -2.56. The van der Waals surface area contributed by atoms with E-state index in [1.54, 1.807) is 42.2 Å². The molecule has 8 rings (SSSR count). The molecule has 4 aromatic carbocycles. The summed E-state index contributed by atoms with van der Waals surface area (Å²) in [7, 11) is 2.86. The van der Waals surface area contributed by atoms with E-state index in [1.165, 1.54) is 32.2 Å². The molecule has 5 amide bonds. The number of unbranched alkanes of at least 4 members (excludes halogenated alkanes) is 1. The van der Waals surface area contributed by atoms with E-state index in [4.69, 9.17) is 43.6 Å². The molecule has 8 unspecified atom stereocenters. The first-order chi connectivity index (χ1) is 46.7. The Balaban J connectivity index is 0.814. The molecule has 0 spiro atoms. The molecule has 97 heavy (non-hydrogen) atoms. The Hall–Kier alpha value is -8.82. The number of carbonyl (C=O) groups is 8. The number of ketones is 3. The molecule has 1 fully saturated rings.